The summed E-state index contributed by atoms with van der Waals surface area (Å²) in [7, 11) is 1.87. The third-order valence-corrected chi connectivity index (χ3v) is 7.85. The van der Waals surface area contributed by atoms with E-state index in [1.807, 2.05) is 18.9 Å². The molecule has 0 spiro atoms. The first-order valence-corrected chi connectivity index (χ1v) is 11.4. The summed E-state index contributed by atoms with van der Waals surface area (Å²) < 4.78 is 6.12. The van der Waals surface area contributed by atoms with Crippen LogP contribution in [0, 0.1) is 0 Å². The highest BCUT2D eigenvalue weighted by atomic mass is 32.2. The van der Waals surface area contributed by atoms with E-state index < -0.39 is 0 Å². The Morgan fingerprint density at radius 2 is 1.45 bits per heavy atom. The Labute approximate surface area is 176 Å². The van der Waals surface area contributed by atoms with Gasteiger partial charge in [0.05, 0.1) is 6.10 Å². The van der Waals surface area contributed by atoms with Gasteiger partial charge in [-0.1, -0.05) is 60.3 Å². The largest absolute Gasteiger partial charge is 0.376 e. The van der Waals surface area contributed by atoms with Gasteiger partial charge in [0.15, 0.2) is 0 Å². The lowest BCUT2D eigenvalue weighted by molar-refractivity contribution is 0.154. The maximum atomic E-state index is 6.12. The zero-order valence-corrected chi connectivity index (χ0v) is 17.5. The zero-order valence-electron chi connectivity index (χ0n) is 16.7. The first-order valence-electron chi connectivity index (χ1n) is 10.6. The van der Waals surface area contributed by atoms with Crippen LogP contribution in [0.5, 0.6) is 0 Å². The van der Waals surface area contributed by atoms with E-state index >= 15 is 0 Å². The molecule has 2 heteroatoms. The molecule has 0 aromatic heterocycles. The molecule has 0 bridgehead atoms. The van der Waals surface area contributed by atoms with E-state index in [1.54, 1.807) is 11.1 Å². The second kappa shape index (κ2) is 6.90. The van der Waals surface area contributed by atoms with E-state index in [0.717, 1.165) is 6.42 Å². The van der Waals surface area contributed by atoms with Crippen LogP contribution in [0.2, 0.25) is 0 Å². The SMILES string of the molecule is CO[C@H]1Cc2ccc3c(c2C1=C1c2ccccc2Sc2ccccc21)CCCC3. The number of methoxy groups -OCH3 is 1. The molecule has 0 N–H and O–H groups in total. The van der Waals surface area contributed by atoms with Gasteiger partial charge in [-0.2, -0.15) is 0 Å². The molecule has 0 saturated heterocycles. The van der Waals surface area contributed by atoms with Crippen molar-refractivity contribution in [1.29, 1.82) is 0 Å². The zero-order chi connectivity index (χ0) is 19.4. The van der Waals surface area contributed by atoms with E-state index in [-0.39, 0.29) is 6.10 Å². The van der Waals surface area contributed by atoms with E-state index in [4.69, 9.17) is 4.74 Å². The van der Waals surface area contributed by atoms with Gasteiger partial charge in [-0.05, 0) is 82.3 Å². The van der Waals surface area contributed by atoms with E-state index in [9.17, 15) is 0 Å². The van der Waals surface area contributed by atoms with E-state index in [1.165, 1.54) is 68.9 Å². The lowest BCUT2D eigenvalue weighted by atomic mass is 9.82. The second-order valence-corrected chi connectivity index (χ2v) is 9.34. The third-order valence-electron chi connectivity index (χ3n) is 6.70. The van der Waals surface area contributed by atoms with Crippen molar-refractivity contribution in [2.45, 2.75) is 48.0 Å². The Morgan fingerprint density at radius 1 is 0.793 bits per heavy atom. The molecule has 6 rings (SSSR count). The van der Waals surface area contributed by atoms with Crippen molar-refractivity contribution < 1.29 is 4.74 Å². The summed E-state index contributed by atoms with van der Waals surface area (Å²) in [5, 5.41) is 0. The van der Waals surface area contributed by atoms with Crippen LogP contribution >= 0.6 is 11.8 Å². The molecule has 0 fully saturated rings. The fourth-order valence-corrected chi connectivity index (χ4v) is 6.50. The molecule has 0 unspecified atom stereocenters. The fourth-order valence-electron chi connectivity index (χ4n) is 5.41. The number of hydrogen-bond acceptors (Lipinski definition) is 2. The van der Waals surface area contributed by atoms with Gasteiger partial charge in [-0.3, -0.25) is 0 Å². The smallest absolute Gasteiger partial charge is 0.0873 e. The van der Waals surface area contributed by atoms with E-state index in [0.29, 0.717) is 0 Å². The summed E-state index contributed by atoms with van der Waals surface area (Å²) in [6.45, 7) is 0. The average molecular weight is 397 g/mol. The topological polar surface area (TPSA) is 9.23 Å². The van der Waals surface area contributed by atoms with Crippen molar-refractivity contribution in [2.24, 2.45) is 0 Å². The van der Waals surface area contributed by atoms with Crippen LogP contribution in [0.3, 0.4) is 0 Å². The van der Waals surface area contributed by atoms with Gasteiger partial charge in [-0.25, -0.2) is 0 Å². The maximum Gasteiger partial charge on any atom is 0.0873 e. The summed E-state index contributed by atoms with van der Waals surface area (Å²) >= 11 is 1.89. The minimum atomic E-state index is 0.123. The highest BCUT2D eigenvalue weighted by Crippen LogP contribution is 2.52. The molecule has 144 valence electrons. The lowest BCUT2D eigenvalue weighted by Gasteiger charge is -2.27. The summed E-state index contributed by atoms with van der Waals surface area (Å²) in [5.41, 5.74) is 11.6. The first kappa shape index (κ1) is 17.6. The Balaban J connectivity index is 1.72. The number of aryl methyl sites for hydroxylation is 1. The average Bonchev–Trinajstić information content (AvgIpc) is 3.16. The van der Waals surface area contributed by atoms with Crippen molar-refractivity contribution in [3.05, 3.63) is 94.0 Å². The highest BCUT2D eigenvalue weighted by Gasteiger charge is 2.36. The predicted octanol–water partition coefficient (Wildman–Crippen LogP) is 6.56. The molecule has 0 radical (unpaired) electrons. The molecule has 1 aliphatic heterocycles. The van der Waals surface area contributed by atoms with Gasteiger partial charge in [-0.15, -0.1) is 0 Å². The lowest BCUT2D eigenvalue weighted by Crippen LogP contribution is -2.14. The molecule has 1 heterocycles. The molecular weight excluding hydrogens is 372 g/mol. The summed E-state index contributed by atoms with van der Waals surface area (Å²) in [5.74, 6) is 0. The molecule has 29 heavy (non-hydrogen) atoms. The molecule has 3 aliphatic rings. The Bertz CT molecular complexity index is 1110. The maximum absolute atomic E-state index is 6.12. The van der Waals surface area contributed by atoms with Crippen LogP contribution in [-0.2, 0) is 24.0 Å². The summed E-state index contributed by atoms with van der Waals surface area (Å²) in [6, 6.07) is 22.5. The number of rotatable bonds is 1. The monoisotopic (exact) mass is 396 g/mol. The molecule has 1 atom stereocenters. The summed E-state index contributed by atoms with van der Waals surface area (Å²) in [4.78, 5) is 2.70. The number of hydrogen-bond donors (Lipinski definition) is 0. The second-order valence-electron chi connectivity index (χ2n) is 8.26. The molecule has 1 nitrogen and oxygen atoms in total. The van der Waals surface area contributed by atoms with Gasteiger partial charge in [0.1, 0.15) is 0 Å². The normalized spacial score (nSPS) is 19.4. The summed E-state index contributed by atoms with van der Waals surface area (Å²) in [6.07, 6.45) is 6.13. The van der Waals surface area contributed by atoms with Gasteiger partial charge in [0.25, 0.3) is 0 Å². The van der Waals surface area contributed by atoms with Crippen molar-refractivity contribution >= 4 is 22.9 Å². The van der Waals surface area contributed by atoms with Gasteiger partial charge >= 0.3 is 0 Å². The Morgan fingerprint density at radius 3 is 2.17 bits per heavy atom. The van der Waals surface area contributed by atoms with Crippen molar-refractivity contribution in [2.75, 3.05) is 7.11 Å². The third kappa shape index (κ3) is 2.66. The Kier molecular flexibility index (Phi) is 4.18. The molecule has 2 aliphatic carbocycles. The number of ether oxygens (including phenoxy) is 1. The van der Waals surface area contributed by atoms with Gasteiger partial charge in [0, 0.05) is 23.3 Å². The Hall–Kier alpha value is -2.29. The van der Waals surface area contributed by atoms with Crippen LogP contribution in [0.1, 0.15) is 46.2 Å². The van der Waals surface area contributed by atoms with Gasteiger partial charge in [0.2, 0.25) is 0 Å². The fraction of sp³-hybridized carbons (Fsp3) is 0.259. The van der Waals surface area contributed by atoms with Crippen molar-refractivity contribution in [3.8, 4) is 0 Å². The number of benzene rings is 3. The first-order chi connectivity index (χ1) is 14.3. The molecular formula is C27H24OS. The van der Waals surface area contributed by atoms with E-state index in [2.05, 4.69) is 60.7 Å². The van der Waals surface area contributed by atoms with Crippen molar-refractivity contribution in [3.63, 3.8) is 0 Å². The van der Waals surface area contributed by atoms with Crippen LogP contribution in [0.15, 0.2) is 70.5 Å². The molecule has 0 saturated carbocycles. The van der Waals surface area contributed by atoms with Gasteiger partial charge < -0.3 is 4.74 Å². The van der Waals surface area contributed by atoms with Crippen LogP contribution in [0.25, 0.3) is 11.1 Å². The highest BCUT2D eigenvalue weighted by molar-refractivity contribution is 7.99. The van der Waals surface area contributed by atoms with Crippen LogP contribution < -0.4 is 0 Å². The minimum absolute atomic E-state index is 0.123. The van der Waals surface area contributed by atoms with Crippen molar-refractivity contribution in [1.82, 2.24) is 0 Å². The quantitative estimate of drug-likeness (QED) is 0.360. The number of fused-ring (bicyclic) bond motifs is 5. The standard InChI is InChI=1S/C27H24OS/c1-28-22-16-18-15-14-17-8-2-3-9-19(17)25(18)27(22)26-20-10-4-6-12-23(20)29-24-13-7-5-11-21(24)26/h4-7,10-15,22H,2-3,8-9,16H2,1H3/t22-/m0/s1. The van der Waals surface area contributed by atoms with Crippen LogP contribution in [-0.4, -0.2) is 13.2 Å². The molecule has 3 aromatic carbocycles. The predicted molar refractivity (Wildman–Crippen MR) is 121 cm³/mol. The molecule has 3 aromatic rings. The minimum Gasteiger partial charge on any atom is -0.376 e. The van der Waals surface area contributed by atoms with Crippen LogP contribution in [0.4, 0.5) is 0 Å². The molecule has 0 amide bonds.